The van der Waals surface area contributed by atoms with Crippen LogP contribution in [-0.4, -0.2) is 12.8 Å². The summed E-state index contributed by atoms with van der Waals surface area (Å²) in [7, 11) is 1.76. The molecular formula is C7H12ClN. The molecule has 0 aliphatic heterocycles. The van der Waals surface area contributed by atoms with E-state index < -0.39 is 0 Å². The first kappa shape index (κ1) is 8.70. The maximum absolute atomic E-state index is 5.70. The van der Waals surface area contributed by atoms with E-state index in [9.17, 15) is 0 Å². The highest BCUT2D eigenvalue weighted by Gasteiger charge is 1.94. The molecule has 0 aromatic carbocycles. The van der Waals surface area contributed by atoms with Gasteiger partial charge in [-0.15, -0.1) is 0 Å². The smallest absolute Gasteiger partial charge is 0.0354 e. The Bertz CT molecular complexity index is 152. The van der Waals surface area contributed by atoms with Gasteiger partial charge < -0.3 is 0 Å². The number of nitrogens with zero attached hydrogens (tertiary/aromatic N) is 1. The molecule has 0 bridgehead atoms. The number of rotatable bonds is 1. The molecule has 1 nitrogen and oxygen atoms in total. The molecule has 0 fully saturated rings. The van der Waals surface area contributed by atoms with Crippen molar-refractivity contribution in [3.8, 4) is 0 Å². The van der Waals surface area contributed by atoms with Gasteiger partial charge in [-0.25, -0.2) is 0 Å². The fourth-order valence-corrected chi connectivity index (χ4v) is 0.554. The second-order valence-corrected chi connectivity index (χ2v) is 2.53. The SMILES string of the molecule is CN=C(C)/C(C)=C(/C)Cl. The first-order valence-corrected chi connectivity index (χ1v) is 3.24. The van der Waals surface area contributed by atoms with E-state index in [0.717, 1.165) is 16.3 Å². The van der Waals surface area contributed by atoms with Crippen molar-refractivity contribution in [1.82, 2.24) is 0 Å². The Kier molecular flexibility index (Phi) is 3.55. The predicted octanol–water partition coefficient (Wildman–Crippen LogP) is 2.61. The minimum absolute atomic E-state index is 0.818. The molecule has 0 N–H and O–H groups in total. The molecule has 0 radical (unpaired) electrons. The van der Waals surface area contributed by atoms with E-state index in [1.807, 2.05) is 20.8 Å². The van der Waals surface area contributed by atoms with Crippen LogP contribution in [0.25, 0.3) is 0 Å². The van der Waals surface area contributed by atoms with Crippen molar-refractivity contribution < 1.29 is 0 Å². The fourth-order valence-electron chi connectivity index (χ4n) is 0.417. The molecule has 0 amide bonds. The molecule has 0 heterocycles. The van der Waals surface area contributed by atoms with Crippen molar-refractivity contribution in [2.45, 2.75) is 20.8 Å². The summed E-state index contributed by atoms with van der Waals surface area (Å²) in [5.41, 5.74) is 2.07. The number of halogens is 1. The van der Waals surface area contributed by atoms with Crippen molar-refractivity contribution in [2.24, 2.45) is 4.99 Å². The van der Waals surface area contributed by atoms with E-state index in [-0.39, 0.29) is 0 Å². The maximum atomic E-state index is 5.70. The van der Waals surface area contributed by atoms with Gasteiger partial charge in [-0.05, 0) is 26.3 Å². The molecule has 0 spiro atoms. The van der Waals surface area contributed by atoms with Crippen LogP contribution in [0.1, 0.15) is 20.8 Å². The van der Waals surface area contributed by atoms with Crippen molar-refractivity contribution >= 4 is 17.3 Å². The Morgan fingerprint density at radius 1 is 1.22 bits per heavy atom. The van der Waals surface area contributed by atoms with Crippen LogP contribution in [0, 0.1) is 0 Å². The zero-order chi connectivity index (χ0) is 7.44. The lowest BCUT2D eigenvalue weighted by atomic mass is 10.2. The molecule has 0 aromatic rings. The van der Waals surface area contributed by atoms with Gasteiger partial charge in [-0.3, -0.25) is 4.99 Å². The molecular weight excluding hydrogens is 134 g/mol. The van der Waals surface area contributed by atoms with Crippen molar-refractivity contribution in [3.63, 3.8) is 0 Å². The van der Waals surface area contributed by atoms with Gasteiger partial charge in [0.25, 0.3) is 0 Å². The minimum atomic E-state index is 0.818. The van der Waals surface area contributed by atoms with Crippen molar-refractivity contribution in [1.29, 1.82) is 0 Å². The van der Waals surface area contributed by atoms with E-state index in [1.54, 1.807) is 7.05 Å². The summed E-state index contributed by atoms with van der Waals surface area (Å²) in [6, 6.07) is 0. The van der Waals surface area contributed by atoms with Crippen LogP contribution in [0.2, 0.25) is 0 Å². The second-order valence-electron chi connectivity index (χ2n) is 1.97. The third-order valence-electron chi connectivity index (χ3n) is 1.39. The summed E-state index contributed by atoms with van der Waals surface area (Å²) in [5, 5.41) is 0.818. The van der Waals surface area contributed by atoms with Crippen LogP contribution in [0.15, 0.2) is 15.6 Å². The first-order chi connectivity index (χ1) is 4.09. The van der Waals surface area contributed by atoms with Crippen LogP contribution in [0.3, 0.4) is 0 Å². The number of allylic oxidation sites excluding steroid dienone is 2. The van der Waals surface area contributed by atoms with Crippen molar-refractivity contribution in [3.05, 3.63) is 10.6 Å². The molecule has 0 saturated carbocycles. The van der Waals surface area contributed by atoms with Gasteiger partial charge in [0.05, 0.1) is 0 Å². The van der Waals surface area contributed by atoms with Gasteiger partial charge >= 0.3 is 0 Å². The molecule has 0 unspecified atom stereocenters. The van der Waals surface area contributed by atoms with Crippen LogP contribution >= 0.6 is 11.6 Å². The number of hydrogen-bond donors (Lipinski definition) is 0. The lowest BCUT2D eigenvalue weighted by molar-refractivity contribution is 1.37. The van der Waals surface area contributed by atoms with Gasteiger partial charge in [0.2, 0.25) is 0 Å². The zero-order valence-electron chi connectivity index (χ0n) is 6.33. The first-order valence-electron chi connectivity index (χ1n) is 2.86. The standard InChI is InChI=1S/C7H12ClN/c1-5(6(2)8)7(3)9-4/h1-4H3/b6-5-,9-7?. The van der Waals surface area contributed by atoms with E-state index >= 15 is 0 Å². The van der Waals surface area contributed by atoms with Crippen LogP contribution < -0.4 is 0 Å². The molecule has 0 aromatic heterocycles. The molecule has 0 aliphatic rings. The van der Waals surface area contributed by atoms with Gasteiger partial charge in [0.1, 0.15) is 0 Å². The Labute approximate surface area is 61.4 Å². The van der Waals surface area contributed by atoms with Gasteiger partial charge in [0, 0.05) is 17.8 Å². The summed E-state index contributed by atoms with van der Waals surface area (Å²) in [6.45, 7) is 5.78. The molecule has 0 saturated heterocycles. The quantitative estimate of drug-likeness (QED) is 0.503. The van der Waals surface area contributed by atoms with E-state index in [2.05, 4.69) is 4.99 Å². The predicted molar refractivity (Wildman–Crippen MR) is 43.3 cm³/mol. The molecule has 52 valence electrons. The van der Waals surface area contributed by atoms with Crippen LogP contribution in [0.4, 0.5) is 0 Å². The largest absolute Gasteiger partial charge is 0.293 e. The molecule has 9 heavy (non-hydrogen) atoms. The highest BCUT2D eigenvalue weighted by atomic mass is 35.5. The molecule has 0 rings (SSSR count). The highest BCUT2D eigenvalue weighted by Crippen LogP contribution is 2.08. The lowest BCUT2D eigenvalue weighted by Crippen LogP contribution is -1.93. The summed E-state index contributed by atoms with van der Waals surface area (Å²) in [5.74, 6) is 0. The third kappa shape index (κ3) is 2.66. The topological polar surface area (TPSA) is 12.4 Å². The molecule has 0 aliphatic carbocycles. The van der Waals surface area contributed by atoms with Crippen LogP contribution in [0.5, 0.6) is 0 Å². The summed E-state index contributed by atoms with van der Waals surface area (Å²) < 4.78 is 0. The van der Waals surface area contributed by atoms with Crippen LogP contribution in [-0.2, 0) is 0 Å². The monoisotopic (exact) mass is 145 g/mol. The summed E-state index contributed by atoms with van der Waals surface area (Å²) >= 11 is 5.70. The normalized spacial score (nSPS) is 15.4. The van der Waals surface area contributed by atoms with E-state index in [1.165, 1.54) is 0 Å². The average molecular weight is 146 g/mol. The Balaban J connectivity index is 4.40. The summed E-state index contributed by atoms with van der Waals surface area (Å²) in [6.07, 6.45) is 0. The third-order valence-corrected chi connectivity index (χ3v) is 1.68. The highest BCUT2D eigenvalue weighted by molar-refractivity contribution is 6.31. The Morgan fingerprint density at radius 2 is 1.67 bits per heavy atom. The molecule has 0 atom stereocenters. The number of aliphatic imine (C=N–C) groups is 1. The fraction of sp³-hybridized carbons (Fsp3) is 0.571. The Hall–Kier alpha value is -0.300. The summed E-state index contributed by atoms with van der Waals surface area (Å²) in [4.78, 5) is 3.98. The van der Waals surface area contributed by atoms with Gasteiger partial charge in [-0.1, -0.05) is 11.6 Å². The number of hydrogen-bond acceptors (Lipinski definition) is 1. The Morgan fingerprint density at radius 3 is 1.78 bits per heavy atom. The second kappa shape index (κ2) is 3.67. The van der Waals surface area contributed by atoms with E-state index in [0.29, 0.717) is 0 Å². The van der Waals surface area contributed by atoms with Crippen molar-refractivity contribution in [2.75, 3.05) is 7.05 Å². The maximum Gasteiger partial charge on any atom is 0.0354 e. The van der Waals surface area contributed by atoms with Gasteiger partial charge in [0.15, 0.2) is 0 Å². The van der Waals surface area contributed by atoms with Gasteiger partial charge in [-0.2, -0.15) is 0 Å². The minimum Gasteiger partial charge on any atom is -0.293 e. The lowest BCUT2D eigenvalue weighted by Gasteiger charge is -1.98. The van der Waals surface area contributed by atoms with E-state index in [4.69, 9.17) is 11.6 Å². The zero-order valence-corrected chi connectivity index (χ0v) is 7.08. The average Bonchev–Trinajstić information content (AvgIpc) is 1.84. The molecule has 2 heteroatoms.